The van der Waals surface area contributed by atoms with Crippen molar-refractivity contribution in [2.24, 2.45) is 4.99 Å². The summed E-state index contributed by atoms with van der Waals surface area (Å²) < 4.78 is 169. The molecule has 0 fully saturated rings. The van der Waals surface area contributed by atoms with Gasteiger partial charge in [-0.15, -0.1) is 0 Å². The first kappa shape index (κ1) is 31.7. The zero-order chi connectivity index (χ0) is 31.2. The molecular formula is C24H16F12N2O3. The van der Waals surface area contributed by atoms with Gasteiger partial charge < -0.3 is 10.1 Å². The molecule has 1 amide bonds. The van der Waals surface area contributed by atoms with E-state index >= 15 is 0 Å². The maximum Gasteiger partial charge on any atom is 0.417 e. The summed E-state index contributed by atoms with van der Waals surface area (Å²) in [7, 11) is 0.941. The molecule has 3 rings (SSSR count). The van der Waals surface area contributed by atoms with Gasteiger partial charge in [-0.25, -0.2) is 0 Å². The number of benzene rings is 2. The molecule has 1 N–H and O–H groups in total. The van der Waals surface area contributed by atoms with Crippen molar-refractivity contribution in [3.63, 3.8) is 0 Å². The highest BCUT2D eigenvalue weighted by Crippen LogP contribution is 2.50. The second kappa shape index (κ2) is 10.6. The Bertz CT molecular complexity index is 1340. The molecule has 2 aromatic carbocycles. The molecule has 0 aromatic heterocycles. The van der Waals surface area contributed by atoms with Crippen LogP contribution in [0.25, 0.3) is 0 Å². The Morgan fingerprint density at radius 1 is 0.854 bits per heavy atom. The Morgan fingerprint density at radius 2 is 1.41 bits per heavy atom. The number of rotatable bonds is 5. The standard InChI is InChI=1S/C24H16F12N2O3/c1-41-18(39)9-37-19(40)15-3-2-11(4-16(15)23(31,32)33)17-8-20(10-38-17,24(34,35)36)12-5-13(21(25,26)27)7-14(6-12)22(28,29)30/h2-7H,8-10H2,1H3,(H,37,40). The third-order valence-corrected chi connectivity index (χ3v) is 6.22. The van der Waals surface area contributed by atoms with E-state index in [0.29, 0.717) is 6.07 Å². The lowest BCUT2D eigenvalue weighted by Gasteiger charge is -2.32. The Labute approximate surface area is 222 Å². The van der Waals surface area contributed by atoms with Crippen LogP contribution in [-0.2, 0) is 33.5 Å². The third kappa shape index (κ3) is 6.59. The van der Waals surface area contributed by atoms with Gasteiger partial charge in [0.15, 0.2) is 0 Å². The van der Waals surface area contributed by atoms with Crippen molar-refractivity contribution in [1.29, 1.82) is 0 Å². The Kier molecular flexibility index (Phi) is 8.17. The van der Waals surface area contributed by atoms with E-state index in [1.165, 1.54) is 0 Å². The van der Waals surface area contributed by atoms with Crippen molar-refractivity contribution in [3.05, 3.63) is 69.8 Å². The monoisotopic (exact) mass is 608 g/mol. The number of hydrogen-bond donors (Lipinski definition) is 1. The molecule has 0 saturated heterocycles. The van der Waals surface area contributed by atoms with Crippen LogP contribution in [0.3, 0.4) is 0 Å². The van der Waals surface area contributed by atoms with Gasteiger partial charge >= 0.3 is 30.7 Å². The molecule has 1 atom stereocenters. The summed E-state index contributed by atoms with van der Waals surface area (Å²) in [6.45, 7) is -2.24. The van der Waals surface area contributed by atoms with Gasteiger partial charge in [0.05, 0.1) is 35.9 Å². The van der Waals surface area contributed by atoms with Crippen molar-refractivity contribution in [2.45, 2.75) is 36.5 Å². The lowest BCUT2D eigenvalue weighted by molar-refractivity contribution is -0.184. The Morgan fingerprint density at radius 3 is 1.88 bits per heavy atom. The number of amides is 1. The van der Waals surface area contributed by atoms with E-state index < -0.39 is 101 Å². The maximum absolute atomic E-state index is 14.4. The summed E-state index contributed by atoms with van der Waals surface area (Å²) in [6.07, 6.45) is -23.1. The zero-order valence-electron chi connectivity index (χ0n) is 20.3. The second-order valence-electron chi connectivity index (χ2n) is 8.83. The molecule has 1 heterocycles. The summed E-state index contributed by atoms with van der Waals surface area (Å²) in [5.41, 5.74) is -12.9. The fraction of sp³-hybridized carbons (Fsp3) is 0.375. The van der Waals surface area contributed by atoms with Crippen molar-refractivity contribution >= 4 is 17.6 Å². The van der Waals surface area contributed by atoms with Gasteiger partial charge in [-0.2, -0.15) is 52.7 Å². The van der Waals surface area contributed by atoms with Crippen LogP contribution in [0.4, 0.5) is 52.7 Å². The van der Waals surface area contributed by atoms with Crippen LogP contribution in [0.5, 0.6) is 0 Å². The number of nitrogens with zero attached hydrogens (tertiary/aromatic N) is 1. The normalized spacial score (nSPS) is 18.2. The van der Waals surface area contributed by atoms with Gasteiger partial charge in [0, 0.05) is 12.1 Å². The molecule has 17 heteroatoms. The summed E-state index contributed by atoms with van der Waals surface area (Å²) in [5, 5.41) is 1.86. The fourth-order valence-electron chi connectivity index (χ4n) is 4.08. The van der Waals surface area contributed by atoms with Crippen molar-refractivity contribution in [1.82, 2.24) is 5.32 Å². The first-order valence-electron chi connectivity index (χ1n) is 11.1. The summed E-state index contributed by atoms with van der Waals surface area (Å²) in [4.78, 5) is 27.0. The van der Waals surface area contributed by atoms with E-state index in [9.17, 15) is 62.3 Å². The summed E-state index contributed by atoms with van der Waals surface area (Å²) in [5.74, 6) is -2.40. The molecule has 0 saturated carbocycles. The van der Waals surface area contributed by atoms with Crippen LogP contribution in [0.2, 0.25) is 0 Å². The van der Waals surface area contributed by atoms with Gasteiger partial charge in [-0.1, -0.05) is 6.07 Å². The predicted molar refractivity (Wildman–Crippen MR) is 116 cm³/mol. The number of carbonyl (C=O) groups is 2. The topological polar surface area (TPSA) is 67.8 Å². The van der Waals surface area contributed by atoms with Crippen molar-refractivity contribution in [3.8, 4) is 0 Å². The number of nitrogens with one attached hydrogen (secondary N) is 1. The quantitative estimate of drug-likeness (QED) is 0.319. The number of aliphatic imine (C=N–C) groups is 1. The average Bonchev–Trinajstić information content (AvgIpc) is 3.32. The third-order valence-electron chi connectivity index (χ3n) is 6.22. The second-order valence-corrected chi connectivity index (χ2v) is 8.83. The molecule has 0 spiro atoms. The van der Waals surface area contributed by atoms with E-state index in [4.69, 9.17) is 0 Å². The zero-order valence-corrected chi connectivity index (χ0v) is 20.3. The number of halogens is 12. The summed E-state index contributed by atoms with van der Waals surface area (Å²) in [6, 6.07) is 1.07. The maximum atomic E-state index is 14.4. The van der Waals surface area contributed by atoms with Crippen LogP contribution in [0.1, 0.15) is 44.6 Å². The number of carbonyl (C=O) groups excluding carboxylic acids is 2. The highest BCUT2D eigenvalue weighted by molar-refractivity contribution is 6.05. The first-order valence-corrected chi connectivity index (χ1v) is 11.1. The van der Waals surface area contributed by atoms with Crippen LogP contribution >= 0.6 is 0 Å². The van der Waals surface area contributed by atoms with Gasteiger partial charge in [0.2, 0.25) is 0 Å². The van der Waals surface area contributed by atoms with Crippen LogP contribution < -0.4 is 5.32 Å². The van der Waals surface area contributed by atoms with E-state index in [1.807, 2.05) is 5.32 Å². The first-order chi connectivity index (χ1) is 18.6. The average molecular weight is 608 g/mol. The summed E-state index contributed by atoms with van der Waals surface area (Å²) >= 11 is 0. The number of methoxy groups -OCH3 is 1. The molecule has 0 bridgehead atoms. The predicted octanol–water partition coefficient (Wildman–Crippen LogP) is 6.34. The van der Waals surface area contributed by atoms with Gasteiger partial charge in [-0.05, 0) is 41.5 Å². The van der Waals surface area contributed by atoms with Crippen molar-refractivity contribution < 1.29 is 67.0 Å². The molecule has 0 aliphatic carbocycles. The van der Waals surface area contributed by atoms with Crippen LogP contribution in [0, 0.1) is 0 Å². The van der Waals surface area contributed by atoms with Gasteiger partial charge in [-0.3, -0.25) is 14.6 Å². The van der Waals surface area contributed by atoms with E-state index in [2.05, 4.69) is 9.73 Å². The fourth-order valence-corrected chi connectivity index (χ4v) is 4.08. The molecule has 0 radical (unpaired) electrons. The highest BCUT2D eigenvalue weighted by Gasteiger charge is 2.59. The van der Waals surface area contributed by atoms with E-state index in [0.717, 1.165) is 13.2 Å². The number of ether oxygens (including phenoxy) is 1. The SMILES string of the molecule is COC(=O)CNC(=O)c1ccc(C2=NCC(c3cc(C(F)(F)F)cc(C(F)(F)F)c3)(C(F)(F)F)C2)cc1C(F)(F)F. The minimum absolute atomic E-state index is 0.100. The van der Waals surface area contributed by atoms with Crippen molar-refractivity contribution in [2.75, 3.05) is 20.2 Å². The Hall–Kier alpha value is -3.79. The van der Waals surface area contributed by atoms with Crippen LogP contribution in [0.15, 0.2) is 41.4 Å². The lowest BCUT2D eigenvalue weighted by atomic mass is 9.75. The molecule has 41 heavy (non-hydrogen) atoms. The minimum atomic E-state index is -5.49. The van der Waals surface area contributed by atoms with Gasteiger partial charge in [0.25, 0.3) is 5.91 Å². The molecular weight excluding hydrogens is 592 g/mol. The molecule has 2 aromatic rings. The number of esters is 1. The molecule has 1 aliphatic heterocycles. The molecule has 1 aliphatic rings. The molecule has 224 valence electrons. The number of hydrogen-bond acceptors (Lipinski definition) is 4. The minimum Gasteiger partial charge on any atom is -0.468 e. The van der Waals surface area contributed by atoms with Crippen LogP contribution in [-0.4, -0.2) is 44.0 Å². The Balaban J connectivity index is 2.10. The lowest BCUT2D eigenvalue weighted by Crippen LogP contribution is -2.44. The largest absolute Gasteiger partial charge is 0.468 e. The van der Waals surface area contributed by atoms with E-state index in [1.54, 1.807) is 0 Å². The van der Waals surface area contributed by atoms with Gasteiger partial charge in [0.1, 0.15) is 12.0 Å². The highest BCUT2D eigenvalue weighted by atomic mass is 19.4. The number of alkyl halides is 12. The van der Waals surface area contributed by atoms with E-state index in [-0.39, 0.29) is 24.3 Å². The molecule has 5 nitrogen and oxygen atoms in total. The molecule has 1 unspecified atom stereocenters. The smallest absolute Gasteiger partial charge is 0.417 e.